The van der Waals surface area contributed by atoms with Crippen molar-refractivity contribution in [1.82, 2.24) is 9.97 Å². The van der Waals surface area contributed by atoms with E-state index in [-0.39, 0.29) is 17.1 Å². The van der Waals surface area contributed by atoms with E-state index in [4.69, 9.17) is 0 Å². The second-order valence-electron chi connectivity index (χ2n) is 5.90. The molecule has 0 amide bonds. The molecular formula is C15H18N2O. The largest absolute Gasteiger partial charge is 0.345 e. The van der Waals surface area contributed by atoms with Crippen LogP contribution in [0.1, 0.15) is 43.5 Å². The zero-order valence-electron chi connectivity index (χ0n) is 10.9. The third-order valence-electron chi connectivity index (χ3n) is 4.29. The first kappa shape index (κ1) is 11.5. The highest BCUT2D eigenvalue weighted by molar-refractivity contribution is 6.08. The Morgan fingerprint density at radius 1 is 1.50 bits per heavy atom. The molecule has 1 atom stereocenters. The second-order valence-corrected chi connectivity index (χ2v) is 5.90. The van der Waals surface area contributed by atoms with Crippen LogP contribution in [0.2, 0.25) is 0 Å². The molecule has 18 heavy (non-hydrogen) atoms. The number of carbonyl (C=O) groups excluding carboxylic acids is 1. The third-order valence-corrected chi connectivity index (χ3v) is 4.29. The van der Waals surface area contributed by atoms with Crippen molar-refractivity contribution in [3.05, 3.63) is 30.1 Å². The van der Waals surface area contributed by atoms with Gasteiger partial charge in [-0.2, -0.15) is 0 Å². The maximum atomic E-state index is 12.7. The van der Waals surface area contributed by atoms with Crippen molar-refractivity contribution in [2.75, 3.05) is 0 Å². The number of hydrogen-bond acceptors (Lipinski definition) is 2. The summed E-state index contributed by atoms with van der Waals surface area (Å²) in [6, 6.07) is 3.85. The predicted molar refractivity (Wildman–Crippen MR) is 71.5 cm³/mol. The Balaban J connectivity index is 2.02. The molecule has 1 fully saturated rings. The van der Waals surface area contributed by atoms with Crippen LogP contribution in [0.4, 0.5) is 0 Å². The van der Waals surface area contributed by atoms with Crippen LogP contribution >= 0.6 is 0 Å². The Bertz CT molecular complexity index is 597. The van der Waals surface area contributed by atoms with Gasteiger partial charge < -0.3 is 4.98 Å². The van der Waals surface area contributed by atoms with Crippen molar-refractivity contribution in [1.29, 1.82) is 0 Å². The lowest BCUT2D eigenvalue weighted by Gasteiger charge is -2.25. The summed E-state index contributed by atoms with van der Waals surface area (Å²) >= 11 is 0. The highest BCUT2D eigenvalue weighted by Gasteiger charge is 2.40. The first-order valence-electron chi connectivity index (χ1n) is 6.56. The Hall–Kier alpha value is -1.64. The summed E-state index contributed by atoms with van der Waals surface area (Å²) in [5.74, 6) is 0.424. The molecule has 0 radical (unpaired) electrons. The van der Waals surface area contributed by atoms with E-state index in [1.807, 2.05) is 18.3 Å². The summed E-state index contributed by atoms with van der Waals surface area (Å²) in [5.41, 5.74) is 1.73. The van der Waals surface area contributed by atoms with Gasteiger partial charge in [-0.15, -0.1) is 0 Å². The van der Waals surface area contributed by atoms with Gasteiger partial charge in [-0.1, -0.05) is 20.3 Å². The van der Waals surface area contributed by atoms with Crippen LogP contribution in [-0.4, -0.2) is 15.8 Å². The maximum absolute atomic E-state index is 12.7. The van der Waals surface area contributed by atoms with Crippen LogP contribution in [0.25, 0.3) is 11.0 Å². The highest BCUT2D eigenvalue weighted by Crippen LogP contribution is 2.44. The number of pyridine rings is 1. The van der Waals surface area contributed by atoms with Crippen molar-refractivity contribution in [3.63, 3.8) is 0 Å². The van der Waals surface area contributed by atoms with E-state index in [0.717, 1.165) is 35.9 Å². The van der Waals surface area contributed by atoms with Gasteiger partial charge in [0.2, 0.25) is 0 Å². The molecule has 2 aromatic rings. The van der Waals surface area contributed by atoms with Crippen molar-refractivity contribution in [2.24, 2.45) is 11.3 Å². The molecule has 1 saturated carbocycles. The molecule has 2 heterocycles. The summed E-state index contributed by atoms with van der Waals surface area (Å²) < 4.78 is 0. The number of fused-ring (bicyclic) bond motifs is 1. The first-order chi connectivity index (χ1) is 8.59. The summed E-state index contributed by atoms with van der Waals surface area (Å²) in [7, 11) is 0. The Morgan fingerprint density at radius 3 is 3.06 bits per heavy atom. The van der Waals surface area contributed by atoms with Gasteiger partial charge in [0.15, 0.2) is 5.78 Å². The molecule has 0 saturated heterocycles. The zero-order valence-corrected chi connectivity index (χ0v) is 10.9. The fourth-order valence-electron chi connectivity index (χ4n) is 3.16. The van der Waals surface area contributed by atoms with Gasteiger partial charge in [0.05, 0.1) is 0 Å². The minimum atomic E-state index is 0.128. The average Bonchev–Trinajstić information content (AvgIpc) is 2.91. The molecule has 94 valence electrons. The number of H-pyrrole nitrogens is 1. The van der Waals surface area contributed by atoms with E-state index in [1.165, 1.54) is 0 Å². The minimum absolute atomic E-state index is 0.128. The van der Waals surface area contributed by atoms with Gasteiger partial charge in [-0.05, 0) is 30.4 Å². The van der Waals surface area contributed by atoms with Crippen molar-refractivity contribution in [3.8, 4) is 0 Å². The summed E-state index contributed by atoms with van der Waals surface area (Å²) in [6.45, 7) is 4.41. The number of rotatable bonds is 2. The molecule has 1 N–H and O–H groups in total. The van der Waals surface area contributed by atoms with Gasteiger partial charge in [0.1, 0.15) is 5.65 Å². The highest BCUT2D eigenvalue weighted by atomic mass is 16.1. The number of aromatic nitrogens is 2. The standard InChI is InChI=1S/C15H18N2O/c1-15(2)7-3-6-12(15)13(18)11-9-17-14-10(11)5-4-8-16-14/h4-5,8-9,12H,3,6-7H2,1-2H3,(H,16,17). The SMILES string of the molecule is CC1(C)CCCC1C(=O)c1c[nH]c2ncccc12. The summed E-state index contributed by atoms with van der Waals surface area (Å²) in [6.07, 6.45) is 6.87. The smallest absolute Gasteiger partial charge is 0.168 e. The fraction of sp³-hybridized carbons (Fsp3) is 0.467. The number of aromatic amines is 1. The van der Waals surface area contributed by atoms with E-state index < -0.39 is 0 Å². The lowest BCUT2D eigenvalue weighted by molar-refractivity contribution is 0.0841. The molecule has 1 unspecified atom stereocenters. The monoisotopic (exact) mass is 242 g/mol. The van der Waals surface area contributed by atoms with Crippen LogP contribution in [0.3, 0.4) is 0 Å². The zero-order chi connectivity index (χ0) is 12.8. The van der Waals surface area contributed by atoms with E-state index in [0.29, 0.717) is 0 Å². The predicted octanol–water partition coefficient (Wildman–Crippen LogP) is 3.57. The number of nitrogens with zero attached hydrogens (tertiary/aromatic N) is 1. The quantitative estimate of drug-likeness (QED) is 0.818. The number of carbonyl (C=O) groups is 1. The molecular weight excluding hydrogens is 224 g/mol. The molecule has 3 nitrogen and oxygen atoms in total. The van der Waals surface area contributed by atoms with Crippen molar-refractivity contribution < 1.29 is 4.79 Å². The Labute approximate surface area is 107 Å². The Kier molecular flexibility index (Phi) is 2.51. The van der Waals surface area contributed by atoms with E-state index >= 15 is 0 Å². The third kappa shape index (κ3) is 1.65. The van der Waals surface area contributed by atoms with Gasteiger partial charge in [-0.3, -0.25) is 4.79 Å². The summed E-state index contributed by atoms with van der Waals surface area (Å²) in [5, 5.41) is 0.949. The van der Waals surface area contributed by atoms with Crippen LogP contribution in [0.5, 0.6) is 0 Å². The molecule has 1 aliphatic rings. The van der Waals surface area contributed by atoms with E-state index in [2.05, 4.69) is 23.8 Å². The molecule has 0 aromatic carbocycles. The topological polar surface area (TPSA) is 45.8 Å². The molecule has 1 aliphatic carbocycles. The van der Waals surface area contributed by atoms with Gasteiger partial charge >= 0.3 is 0 Å². The number of ketones is 1. The molecule has 0 bridgehead atoms. The second kappa shape index (κ2) is 3.94. The first-order valence-corrected chi connectivity index (χ1v) is 6.56. The molecule has 2 aromatic heterocycles. The lowest BCUT2D eigenvalue weighted by atomic mass is 9.78. The minimum Gasteiger partial charge on any atom is -0.345 e. The molecule has 0 spiro atoms. The average molecular weight is 242 g/mol. The lowest BCUT2D eigenvalue weighted by Crippen LogP contribution is -2.25. The van der Waals surface area contributed by atoms with Crippen LogP contribution in [0, 0.1) is 11.3 Å². The van der Waals surface area contributed by atoms with Crippen LogP contribution in [-0.2, 0) is 0 Å². The van der Waals surface area contributed by atoms with E-state index in [1.54, 1.807) is 6.20 Å². The van der Waals surface area contributed by atoms with Crippen LogP contribution in [0.15, 0.2) is 24.5 Å². The molecule has 0 aliphatic heterocycles. The molecule has 3 heteroatoms. The van der Waals surface area contributed by atoms with Gasteiger partial charge in [-0.25, -0.2) is 4.98 Å². The van der Waals surface area contributed by atoms with Gasteiger partial charge in [0, 0.05) is 29.3 Å². The molecule has 3 rings (SSSR count). The van der Waals surface area contributed by atoms with Crippen molar-refractivity contribution in [2.45, 2.75) is 33.1 Å². The number of Topliss-reactive ketones (excluding diaryl/α,β-unsaturated/α-hetero) is 1. The fourth-order valence-corrected chi connectivity index (χ4v) is 3.16. The number of hydrogen-bond donors (Lipinski definition) is 1. The number of nitrogens with one attached hydrogen (secondary N) is 1. The normalized spacial score (nSPS) is 22.4. The van der Waals surface area contributed by atoms with Crippen LogP contribution < -0.4 is 0 Å². The summed E-state index contributed by atoms with van der Waals surface area (Å²) in [4.78, 5) is 20.0. The van der Waals surface area contributed by atoms with Gasteiger partial charge in [0.25, 0.3) is 0 Å². The van der Waals surface area contributed by atoms with E-state index in [9.17, 15) is 4.79 Å². The maximum Gasteiger partial charge on any atom is 0.168 e. The van der Waals surface area contributed by atoms with Crippen molar-refractivity contribution >= 4 is 16.8 Å². The Morgan fingerprint density at radius 2 is 2.33 bits per heavy atom.